The fourth-order valence-corrected chi connectivity index (χ4v) is 3.35. The second kappa shape index (κ2) is 7.55. The number of anilines is 1. The van der Waals surface area contributed by atoms with Crippen LogP contribution in [-0.4, -0.2) is 43.4 Å². The van der Waals surface area contributed by atoms with Crippen LogP contribution in [0.15, 0.2) is 24.3 Å². The zero-order valence-electron chi connectivity index (χ0n) is 14.4. The summed E-state index contributed by atoms with van der Waals surface area (Å²) in [6, 6.07) is 8.28. The summed E-state index contributed by atoms with van der Waals surface area (Å²) in [4.78, 5) is 12.3. The minimum Gasteiger partial charge on any atom is -0.458 e. The molecule has 2 atom stereocenters. The second-order valence-electron chi connectivity index (χ2n) is 6.47. The Morgan fingerprint density at radius 1 is 1.35 bits per heavy atom. The topological polar surface area (TPSA) is 48.0 Å². The summed E-state index contributed by atoms with van der Waals surface area (Å²) in [5, 5.41) is 0. The molecular formula is C17H25NO4S. The van der Waals surface area contributed by atoms with Gasteiger partial charge in [0.05, 0.1) is 13.2 Å². The molecule has 1 heterocycles. The van der Waals surface area contributed by atoms with Crippen molar-refractivity contribution in [2.24, 2.45) is 0 Å². The van der Waals surface area contributed by atoms with E-state index in [4.69, 9.17) is 14.2 Å². The van der Waals surface area contributed by atoms with Crippen molar-refractivity contribution in [1.82, 2.24) is 0 Å². The summed E-state index contributed by atoms with van der Waals surface area (Å²) >= 11 is 1.46. The molecule has 128 valence electrons. The third-order valence-corrected chi connectivity index (χ3v) is 4.51. The average molecular weight is 339 g/mol. The van der Waals surface area contributed by atoms with Gasteiger partial charge in [0.25, 0.3) is 0 Å². The maximum absolute atomic E-state index is 12.3. The number of benzene rings is 1. The van der Waals surface area contributed by atoms with E-state index < -0.39 is 23.1 Å². The number of esters is 1. The van der Waals surface area contributed by atoms with Crippen LogP contribution in [0.2, 0.25) is 0 Å². The minimum absolute atomic E-state index is 0.400. The molecular weight excluding hydrogens is 314 g/mol. The van der Waals surface area contributed by atoms with Crippen LogP contribution in [0, 0.1) is 6.92 Å². The van der Waals surface area contributed by atoms with Crippen molar-refractivity contribution in [1.29, 1.82) is 0 Å². The first-order valence-electron chi connectivity index (χ1n) is 7.68. The molecule has 1 aromatic carbocycles. The number of aryl methyl sites for hydroxylation is 1. The number of methoxy groups -OCH3 is 1. The van der Waals surface area contributed by atoms with Crippen LogP contribution in [0.4, 0.5) is 5.69 Å². The third-order valence-electron chi connectivity index (χ3n) is 3.27. The highest BCUT2D eigenvalue weighted by Crippen LogP contribution is 2.32. The maximum atomic E-state index is 12.3. The predicted octanol–water partition coefficient (Wildman–Crippen LogP) is 3.16. The Morgan fingerprint density at radius 2 is 2.00 bits per heavy atom. The van der Waals surface area contributed by atoms with Crippen molar-refractivity contribution in [3.8, 4) is 0 Å². The number of hydrogen-bond donors (Lipinski definition) is 0. The molecule has 5 nitrogen and oxygen atoms in total. The molecule has 0 aliphatic carbocycles. The lowest BCUT2D eigenvalue weighted by molar-refractivity contribution is -0.172. The Bertz CT molecular complexity index is 526. The molecule has 1 aliphatic heterocycles. The first-order chi connectivity index (χ1) is 10.8. The van der Waals surface area contributed by atoms with E-state index in [0.29, 0.717) is 6.61 Å². The lowest BCUT2D eigenvalue weighted by atomic mass is 10.2. The van der Waals surface area contributed by atoms with Crippen LogP contribution in [0.1, 0.15) is 26.3 Å². The highest BCUT2D eigenvalue weighted by atomic mass is 32.2. The molecule has 0 saturated carbocycles. The Morgan fingerprint density at radius 3 is 2.57 bits per heavy atom. The van der Waals surface area contributed by atoms with Crippen molar-refractivity contribution in [2.75, 3.05) is 24.6 Å². The van der Waals surface area contributed by atoms with Gasteiger partial charge < -0.3 is 18.5 Å². The number of hydrogen-bond acceptors (Lipinski definition) is 6. The molecule has 0 spiro atoms. The second-order valence-corrected chi connectivity index (χ2v) is 7.59. The van der Waals surface area contributed by atoms with E-state index in [-0.39, 0.29) is 0 Å². The van der Waals surface area contributed by atoms with Gasteiger partial charge in [0, 0.05) is 12.8 Å². The zero-order valence-corrected chi connectivity index (χ0v) is 15.2. The average Bonchev–Trinajstić information content (AvgIpc) is 2.47. The van der Waals surface area contributed by atoms with Crippen molar-refractivity contribution in [3.63, 3.8) is 0 Å². The van der Waals surface area contributed by atoms with Crippen LogP contribution in [0.25, 0.3) is 0 Å². The Hall–Kier alpha value is -1.24. The molecule has 2 rings (SSSR count). The Kier molecular flexibility index (Phi) is 5.95. The fourth-order valence-electron chi connectivity index (χ4n) is 2.18. The van der Waals surface area contributed by atoms with E-state index in [9.17, 15) is 4.79 Å². The molecule has 2 unspecified atom stereocenters. The van der Waals surface area contributed by atoms with Gasteiger partial charge >= 0.3 is 5.97 Å². The van der Waals surface area contributed by atoms with E-state index >= 15 is 0 Å². The Balaban J connectivity index is 2.06. The number of rotatable bonds is 4. The largest absolute Gasteiger partial charge is 0.458 e. The quantitative estimate of drug-likeness (QED) is 0.620. The Labute approximate surface area is 142 Å². The summed E-state index contributed by atoms with van der Waals surface area (Å²) in [5.41, 5.74) is 1.33. The molecule has 0 bridgehead atoms. The molecule has 0 radical (unpaired) electrons. The van der Waals surface area contributed by atoms with Crippen LogP contribution >= 0.6 is 11.9 Å². The first kappa shape index (κ1) is 18.1. The fraction of sp³-hybridized carbons (Fsp3) is 0.588. The van der Waals surface area contributed by atoms with Gasteiger partial charge in [-0.05, 0) is 51.8 Å². The third kappa shape index (κ3) is 5.12. The molecule has 6 heteroatoms. The van der Waals surface area contributed by atoms with Gasteiger partial charge in [-0.1, -0.05) is 17.7 Å². The first-order valence-corrected chi connectivity index (χ1v) is 8.52. The summed E-state index contributed by atoms with van der Waals surface area (Å²) in [6.45, 7) is 8.87. The molecule has 0 aromatic heterocycles. The number of carbonyl (C=O) groups excluding carboxylic acids is 1. The summed E-state index contributed by atoms with van der Waals surface area (Å²) in [5.74, 6) is -0.400. The van der Waals surface area contributed by atoms with Gasteiger partial charge in [0.15, 0.2) is 11.5 Å². The van der Waals surface area contributed by atoms with E-state index in [0.717, 1.165) is 12.2 Å². The van der Waals surface area contributed by atoms with Gasteiger partial charge in [-0.2, -0.15) is 0 Å². The lowest BCUT2D eigenvalue weighted by Crippen LogP contribution is -2.45. The van der Waals surface area contributed by atoms with Crippen LogP contribution in [0.5, 0.6) is 0 Å². The molecule has 1 aliphatic rings. The van der Waals surface area contributed by atoms with Gasteiger partial charge in [-0.3, -0.25) is 0 Å². The number of carbonyl (C=O) groups is 1. The number of nitrogens with zero attached hydrogens (tertiary/aromatic N) is 1. The monoisotopic (exact) mass is 339 g/mol. The summed E-state index contributed by atoms with van der Waals surface area (Å²) in [7, 11) is 1.50. The zero-order chi connectivity index (χ0) is 17.0. The highest BCUT2D eigenvalue weighted by molar-refractivity contribution is 8.01. The minimum atomic E-state index is -0.757. The summed E-state index contributed by atoms with van der Waals surface area (Å²) in [6.07, 6.45) is -0.757. The van der Waals surface area contributed by atoms with Crippen LogP contribution in [0.3, 0.4) is 0 Å². The van der Waals surface area contributed by atoms with E-state index in [1.165, 1.54) is 24.6 Å². The van der Waals surface area contributed by atoms with Gasteiger partial charge in [0.1, 0.15) is 5.60 Å². The van der Waals surface area contributed by atoms with E-state index in [1.54, 1.807) is 0 Å². The molecule has 0 amide bonds. The van der Waals surface area contributed by atoms with Crippen molar-refractivity contribution in [2.45, 2.75) is 44.8 Å². The van der Waals surface area contributed by atoms with Crippen molar-refractivity contribution < 1.29 is 19.0 Å². The highest BCUT2D eigenvalue weighted by Gasteiger charge is 2.37. The summed E-state index contributed by atoms with van der Waals surface area (Å²) < 4.78 is 18.6. The standard InChI is InChI=1S/C17H25NO4S/c1-12-6-8-13(9-7-12)18-10-11-21-16(23-18)14(20-5)15(19)22-17(2,3)4/h6-9,14,16H,10-11H2,1-5H3. The number of ether oxygens (including phenoxy) is 3. The van der Waals surface area contributed by atoms with Crippen molar-refractivity contribution in [3.05, 3.63) is 29.8 Å². The van der Waals surface area contributed by atoms with Crippen LogP contribution < -0.4 is 4.31 Å². The molecule has 23 heavy (non-hydrogen) atoms. The normalized spacial score (nSPS) is 20.2. The van der Waals surface area contributed by atoms with Crippen molar-refractivity contribution >= 4 is 23.6 Å². The smallest absolute Gasteiger partial charge is 0.339 e. The predicted molar refractivity (Wildman–Crippen MR) is 92.5 cm³/mol. The molecule has 1 aromatic rings. The SMILES string of the molecule is COC(C(=O)OC(C)(C)C)C1OCCN(c2ccc(C)cc2)S1. The molecule has 1 fully saturated rings. The lowest BCUT2D eigenvalue weighted by Gasteiger charge is -2.36. The van der Waals surface area contributed by atoms with Gasteiger partial charge in [-0.25, -0.2) is 4.79 Å². The molecule has 0 N–H and O–H groups in total. The maximum Gasteiger partial charge on any atom is 0.339 e. The van der Waals surface area contributed by atoms with E-state index in [1.807, 2.05) is 20.8 Å². The van der Waals surface area contributed by atoms with Gasteiger partial charge in [-0.15, -0.1) is 0 Å². The van der Waals surface area contributed by atoms with E-state index in [2.05, 4.69) is 35.5 Å². The van der Waals surface area contributed by atoms with Crippen LogP contribution in [-0.2, 0) is 19.0 Å². The van der Waals surface area contributed by atoms with Gasteiger partial charge in [0.2, 0.25) is 0 Å². The molecule has 1 saturated heterocycles.